The quantitative estimate of drug-likeness (QED) is 0.0187. The summed E-state index contributed by atoms with van der Waals surface area (Å²) in [6, 6.07) is -1.38. The number of allylic oxidation sites excluding steroid dienone is 1. The molecule has 6 atom stereocenters. The third kappa shape index (κ3) is 22.3. The van der Waals surface area contributed by atoms with Gasteiger partial charge in [-0.25, -0.2) is 23.1 Å². The maximum absolute atomic E-state index is 12.7. The molecule has 0 saturated heterocycles. The van der Waals surface area contributed by atoms with Crippen LogP contribution in [0, 0.1) is 0 Å². The van der Waals surface area contributed by atoms with Gasteiger partial charge in [-0.2, -0.15) is 0 Å². The maximum Gasteiger partial charge on any atom is 0.472 e. The number of phosphoric ester groups is 4. The van der Waals surface area contributed by atoms with Gasteiger partial charge in [0.2, 0.25) is 0 Å². The molecule has 0 heterocycles. The van der Waals surface area contributed by atoms with Gasteiger partial charge in [0, 0.05) is 10.1 Å². The van der Waals surface area contributed by atoms with E-state index in [2.05, 4.69) is 35.5 Å². The van der Waals surface area contributed by atoms with Gasteiger partial charge in [-0.05, 0) is 83.5 Å². The molecule has 53 heavy (non-hydrogen) atoms. The molecule has 2 fully saturated rings. The number of phosphoric acid groups is 4. The van der Waals surface area contributed by atoms with E-state index in [0.29, 0.717) is 0 Å². The number of nitrogens with one attached hydrogen (secondary N) is 2. The number of hydrogen-bond donors (Lipinski definition) is 7. The zero-order valence-corrected chi connectivity index (χ0v) is 33.1. The maximum atomic E-state index is 12.7. The Kier molecular flexibility index (Phi) is 23.2. The lowest BCUT2D eigenvalue weighted by atomic mass is 9.95. The summed E-state index contributed by atoms with van der Waals surface area (Å²) in [5, 5.41) is 26.7. The average Bonchev–Trinajstić information content (AvgIpc) is 3.09. The molecule has 6 unspecified atom stereocenters. The van der Waals surface area contributed by atoms with Crippen LogP contribution in [0.25, 0.3) is 0 Å². The van der Waals surface area contributed by atoms with Crippen LogP contribution in [0.15, 0.2) is 12.3 Å². The number of aliphatic hydroxyl groups is 1. The molecule has 0 amide bonds. The lowest BCUT2D eigenvalue weighted by Crippen LogP contribution is -2.34. The summed E-state index contributed by atoms with van der Waals surface area (Å²) in [6.07, 6.45) is 1.70. The molecule has 24 nitrogen and oxygen atoms in total. The summed E-state index contributed by atoms with van der Waals surface area (Å²) in [5.41, 5.74) is 0. The topological polar surface area (TPSA) is 313 Å². The van der Waals surface area contributed by atoms with E-state index in [-0.39, 0.29) is 71.2 Å². The van der Waals surface area contributed by atoms with Crippen LogP contribution in [0.2, 0.25) is 0 Å². The van der Waals surface area contributed by atoms with Crippen LogP contribution in [-0.2, 0) is 79.3 Å². The van der Waals surface area contributed by atoms with E-state index < -0.39 is 87.6 Å². The molecule has 2 rings (SSSR count). The van der Waals surface area contributed by atoms with E-state index in [4.69, 9.17) is 41.3 Å². The van der Waals surface area contributed by atoms with E-state index in [9.17, 15) is 37.8 Å². The number of hydrogen-bond acceptors (Lipinski definition) is 20. The van der Waals surface area contributed by atoms with Gasteiger partial charge in [0.05, 0.1) is 69.5 Å². The SMILES string of the molecule is C/C=C/OOOOOCCOP(=O)(O)OCC(COP(=O)(O)OC1CCC(OP(=O)(O)OC2CCC(OP(=O)(O)OCC(CO)NC)CC2)CC1)NC. The molecule has 7 N–H and O–H groups in total. The molecule has 0 aromatic rings. The van der Waals surface area contributed by atoms with Crippen molar-refractivity contribution >= 4 is 31.3 Å². The van der Waals surface area contributed by atoms with Gasteiger partial charge >= 0.3 is 31.3 Å². The molecule has 2 aliphatic carbocycles. The molecular weight excluding hydrogens is 804 g/mol. The van der Waals surface area contributed by atoms with Gasteiger partial charge in [-0.1, -0.05) is 0 Å². The Morgan fingerprint density at radius 3 is 1.42 bits per heavy atom. The predicted molar refractivity (Wildman–Crippen MR) is 177 cm³/mol. The van der Waals surface area contributed by atoms with Crippen molar-refractivity contribution in [2.75, 3.05) is 53.7 Å². The second kappa shape index (κ2) is 25.1. The first-order chi connectivity index (χ1) is 25.0. The van der Waals surface area contributed by atoms with E-state index in [0.717, 1.165) is 6.26 Å². The molecular formula is C25H52N2O22P4. The van der Waals surface area contributed by atoms with Gasteiger partial charge in [-0.3, -0.25) is 36.2 Å². The fourth-order valence-corrected chi connectivity index (χ4v) is 8.71. The Morgan fingerprint density at radius 2 is 1.00 bits per heavy atom. The van der Waals surface area contributed by atoms with Crippen molar-refractivity contribution in [3.8, 4) is 0 Å². The van der Waals surface area contributed by atoms with Crippen molar-refractivity contribution in [3.05, 3.63) is 12.3 Å². The minimum absolute atomic E-state index is 0.194. The Morgan fingerprint density at radius 1 is 0.585 bits per heavy atom. The van der Waals surface area contributed by atoms with Gasteiger partial charge < -0.3 is 40.2 Å². The Labute approximate surface area is 306 Å². The number of rotatable bonds is 29. The fourth-order valence-electron chi connectivity index (χ4n) is 4.70. The highest BCUT2D eigenvalue weighted by molar-refractivity contribution is 7.48. The van der Waals surface area contributed by atoms with Crippen molar-refractivity contribution in [1.29, 1.82) is 0 Å². The molecule has 0 aromatic carbocycles. The third-order valence-electron chi connectivity index (χ3n) is 7.48. The summed E-state index contributed by atoms with van der Waals surface area (Å²) in [6.45, 7) is -0.642. The first-order valence-corrected chi connectivity index (χ1v) is 22.5. The highest BCUT2D eigenvalue weighted by atomic mass is 31.2. The third-order valence-corrected chi connectivity index (χ3v) is 11.7. The fraction of sp³-hybridized carbons (Fsp3) is 0.920. The van der Waals surface area contributed by atoms with Crippen molar-refractivity contribution in [3.63, 3.8) is 0 Å². The van der Waals surface area contributed by atoms with Gasteiger partial charge in [-0.15, -0.1) is 0 Å². The summed E-state index contributed by atoms with van der Waals surface area (Å²) in [7, 11) is -15.0. The summed E-state index contributed by atoms with van der Waals surface area (Å²) in [5.74, 6) is 0. The van der Waals surface area contributed by atoms with Gasteiger partial charge in [0.1, 0.15) is 12.9 Å². The number of likely N-dealkylation sites (N-methyl/N-ethyl adjacent to an activating group) is 2. The summed E-state index contributed by atoms with van der Waals surface area (Å²) >= 11 is 0. The van der Waals surface area contributed by atoms with Crippen molar-refractivity contribution < 1.29 is 104 Å². The molecule has 0 radical (unpaired) electrons. The van der Waals surface area contributed by atoms with Crippen LogP contribution in [-0.4, -0.2) is 115 Å². The largest absolute Gasteiger partial charge is 0.472 e. The van der Waals surface area contributed by atoms with Crippen LogP contribution < -0.4 is 10.6 Å². The van der Waals surface area contributed by atoms with Crippen LogP contribution in [0.3, 0.4) is 0 Å². The summed E-state index contributed by atoms with van der Waals surface area (Å²) in [4.78, 5) is 49.1. The zero-order valence-electron chi connectivity index (χ0n) is 29.5. The highest BCUT2D eigenvalue weighted by Crippen LogP contribution is 2.52. The Balaban J connectivity index is 1.64. The lowest BCUT2D eigenvalue weighted by Gasteiger charge is -2.32. The standard InChI is InChI=1S/C25H52N2O22P4/c1-4-13-37-47-49-48-38-14-15-39-50(29,30)40-18-21(27-3)19-42-52(33,34)44-23-7-11-25(12-8-23)46-53(35,36)45-24-9-5-22(6-10-24)43-51(31,32)41-17-20(16-28)26-2/h4,13,20-28H,5-12,14-19H2,1-3H3,(H,29,30)(H,31,32)(H,33,34)(H,35,36)/b13-4+. The zero-order chi connectivity index (χ0) is 39.4. The monoisotopic (exact) mass is 856 g/mol. The molecule has 0 bridgehead atoms. The second-order valence-corrected chi connectivity index (χ2v) is 17.2. The normalized spacial score (nSPS) is 26.9. The van der Waals surface area contributed by atoms with E-state index >= 15 is 0 Å². The van der Waals surface area contributed by atoms with E-state index in [1.165, 1.54) is 13.1 Å². The van der Waals surface area contributed by atoms with Crippen LogP contribution >= 0.6 is 31.3 Å². The first kappa shape index (κ1) is 48.8. The molecule has 0 aliphatic heterocycles. The van der Waals surface area contributed by atoms with Gasteiger partial charge in [0.25, 0.3) is 0 Å². The van der Waals surface area contributed by atoms with Crippen LogP contribution in [0.5, 0.6) is 0 Å². The molecule has 2 aliphatic rings. The molecule has 0 aromatic heterocycles. The Bertz CT molecular complexity index is 1230. The predicted octanol–water partition coefficient (Wildman–Crippen LogP) is 2.59. The molecule has 314 valence electrons. The summed E-state index contributed by atoms with van der Waals surface area (Å²) < 4.78 is 90.3. The van der Waals surface area contributed by atoms with E-state index in [1.54, 1.807) is 14.0 Å². The lowest BCUT2D eigenvalue weighted by molar-refractivity contribution is -0.700. The smallest absolute Gasteiger partial charge is 0.395 e. The Hall–Kier alpha value is -0.300. The average molecular weight is 857 g/mol. The van der Waals surface area contributed by atoms with Crippen molar-refractivity contribution in [2.24, 2.45) is 0 Å². The van der Waals surface area contributed by atoms with Crippen molar-refractivity contribution in [1.82, 2.24) is 10.6 Å². The van der Waals surface area contributed by atoms with Crippen molar-refractivity contribution in [2.45, 2.75) is 94.8 Å². The van der Waals surface area contributed by atoms with Gasteiger partial charge in [0.15, 0.2) is 0 Å². The van der Waals surface area contributed by atoms with E-state index in [1.807, 2.05) is 0 Å². The number of aliphatic hydroxyl groups excluding tert-OH is 1. The minimum atomic E-state index is -4.60. The minimum Gasteiger partial charge on any atom is -0.395 e. The first-order valence-electron chi connectivity index (χ1n) is 16.5. The second-order valence-electron chi connectivity index (χ2n) is 11.6. The molecule has 0 spiro atoms. The van der Waals surface area contributed by atoms with Crippen LogP contribution in [0.1, 0.15) is 58.3 Å². The highest BCUT2D eigenvalue weighted by Gasteiger charge is 2.38. The molecule has 2 saturated carbocycles. The molecule has 28 heteroatoms. The van der Waals surface area contributed by atoms with Crippen LogP contribution in [0.4, 0.5) is 0 Å².